The van der Waals surface area contributed by atoms with Crippen molar-refractivity contribution in [2.75, 3.05) is 4.90 Å². The number of thiophene rings is 1. The van der Waals surface area contributed by atoms with Crippen molar-refractivity contribution in [3.63, 3.8) is 0 Å². The Labute approximate surface area is 335 Å². The minimum atomic E-state index is 1.10. The second kappa shape index (κ2) is 13.8. The highest BCUT2D eigenvalue weighted by atomic mass is 32.1. The number of rotatable bonds is 7. The summed E-state index contributed by atoms with van der Waals surface area (Å²) in [6.07, 6.45) is 0. The van der Waals surface area contributed by atoms with Gasteiger partial charge in [-0.1, -0.05) is 152 Å². The maximum atomic E-state index is 2.46. The summed E-state index contributed by atoms with van der Waals surface area (Å²) >= 11 is 1.90. The van der Waals surface area contributed by atoms with Crippen LogP contribution in [0.3, 0.4) is 0 Å². The highest BCUT2D eigenvalue weighted by Crippen LogP contribution is 2.48. The van der Waals surface area contributed by atoms with E-state index >= 15 is 0 Å². The molecule has 0 amide bonds. The van der Waals surface area contributed by atoms with Gasteiger partial charge in [0.1, 0.15) is 0 Å². The van der Waals surface area contributed by atoms with Crippen LogP contribution in [-0.4, -0.2) is 4.57 Å². The average molecular weight is 745 g/mol. The number of anilines is 3. The molecule has 9 aromatic carbocycles. The molecule has 11 rings (SSSR count). The summed E-state index contributed by atoms with van der Waals surface area (Å²) < 4.78 is 5.07. The zero-order valence-corrected chi connectivity index (χ0v) is 31.9. The molecule has 268 valence electrons. The molecule has 0 bridgehead atoms. The summed E-state index contributed by atoms with van der Waals surface area (Å²) in [5.74, 6) is 0. The van der Waals surface area contributed by atoms with Crippen molar-refractivity contribution in [3.05, 3.63) is 218 Å². The molecule has 0 aliphatic heterocycles. The first-order valence-electron chi connectivity index (χ1n) is 19.4. The highest BCUT2D eigenvalue weighted by Gasteiger charge is 2.22. The van der Waals surface area contributed by atoms with Gasteiger partial charge in [-0.3, -0.25) is 0 Å². The van der Waals surface area contributed by atoms with Gasteiger partial charge in [0.25, 0.3) is 0 Å². The van der Waals surface area contributed by atoms with Gasteiger partial charge in [0.2, 0.25) is 0 Å². The molecule has 0 saturated carbocycles. The lowest BCUT2D eigenvalue weighted by Gasteiger charge is -2.26. The predicted octanol–water partition coefficient (Wildman–Crippen LogP) is 15.6. The second-order valence-corrected chi connectivity index (χ2v) is 15.6. The van der Waals surface area contributed by atoms with Gasteiger partial charge < -0.3 is 9.47 Å². The molecule has 0 fully saturated rings. The average Bonchev–Trinajstić information content (AvgIpc) is 3.84. The normalized spacial score (nSPS) is 11.5. The van der Waals surface area contributed by atoms with Gasteiger partial charge in [0.05, 0.1) is 15.7 Å². The van der Waals surface area contributed by atoms with Gasteiger partial charge in [0.15, 0.2) is 0 Å². The summed E-state index contributed by atoms with van der Waals surface area (Å²) in [6.45, 7) is 0. The Hall–Kier alpha value is -7.20. The standard InChI is InChI=1S/C54H36N2S/c1-4-14-37(15-5-1)39-24-30-43(31-25-39)55(44-32-26-40(27-33-44)38-16-6-2-7-17-38)45-34-28-41(29-35-45)48-36-49-46-20-10-12-22-50(46)56(42-18-8-3-9-19-42)53(49)54-52(48)47-21-11-13-23-51(47)57-54/h1-36H. The van der Waals surface area contributed by atoms with Crippen molar-refractivity contribution in [3.8, 4) is 39.1 Å². The molecule has 57 heavy (non-hydrogen) atoms. The van der Waals surface area contributed by atoms with Crippen LogP contribution < -0.4 is 4.90 Å². The third-order valence-electron chi connectivity index (χ3n) is 11.2. The van der Waals surface area contributed by atoms with Crippen LogP contribution in [-0.2, 0) is 0 Å². The zero-order chi connectivity index (χ0) is 37.7. The van der Waals surface area contributed by atoms with Crippen molar-refractivity contribution in [2.45, 2.75) is 0 Å². The number of hydrogen-bond acceptors (Lipinski definition) is 2. The van der Waals surface area contributed by atoms with Gasteiger partial charge in [-0.2, -0.15) is 0 Å². The smallest absolute Gasteiger partial charge is 0.0720 e. The summed E-state index contributed by atoms with van der Waals surface area (Å²) in [6, 6.07) is 79.1. The molecule has 0 spiro atoms. The Morgan fingerprint density at radius 3 is 1.40 bits per heavy atom. The quantitative estimate of drug-likeness (QED) is 0.158. The molecule has 0 N–H and O–H groups in total. The number of fused-ring (bicyclic) bond motifs is 7. The molecule has 2 heterocycles. The van der Waals surface area contributed by atoms with E-state index < -0.39 is 0 Å². The van der Waals surface area contributed by atoms with E-state index in [-0.39, 0.29) is 0 Å². The van der Waals surface area contributed by atoms with Crippen molar-refractivity contribution in [1.29, 1.82) is 0 Å². The monoisotopic (exact) mass is 744 g/mol. The van der Waals surface area contributed by atoms with Gasteiger partial charge in [-0.25, -0.2) is 0 Å². The molecule has 2 nitrogen and oxygen atoms in total. The summed E-state index contributed by atoms with van der Waals surface area (Å²) in [5, 5.41) is 5.13. The molecule has 0 unspecified atom stereocenters. The van der Waals surface area contributed by atoms with Crippen molar-refractivity contribution in [2.24, 2.45) is 0 Å². The largest absolute Gasteiger partial charge is 0.311 e. The first-order chi connectivity index (χ1) is 28.3. The molecular weight excluding hydrogens is 709 g/mol. The maximum Gasteiger partial charge on any atom is 0.0720 e. The van der Waals surface area contributed by atoms with E-state index in [4.69, 9.17) is 0 Å². The summed E-state index contributed by atoms with van der Waals surface area (Å²) in [4.78, 5) is 2.36. The first kappa shape index (κ1) is 33.2. The number of para-hydroxylation sites is 2. The van der Waals surface area contributed by atoms with Gasteiger partial charge in [-0.15, -0.1) is 11.3 Å². The van der Waals surface area contributed by atoms with E-state index in [9.17, 15) is 0 Å². The molecule has 11 aromatic rings. The molecule has 2 aromatic heterocycles. The number of aromatic nitrogens is 1. The van der Waals surface area contributed by atoms with Gasteiger partial charge >= 0.3 is 0 Å². The molecule has 0 saturated heterocycles. The van der Waals surface area contributed by atoms with E-state index in [0.717, 1.165) is 17.1 Å². The molecular formula is C54H36N2S. The SMILES string of the molecule is c1ccc(-c2ccc(N(c3ccc(-c4ccccc4)cc3)c3ccc(-c4cc5c6ccccc6n(-c6ccccc6)c5c5sc6ccccc6c45)cc3)cc2)cc1. The second-order valence-electron chi connectivity index (χ2n) is 14.5. The summed E-state index contributed by atoms with van der Waals surface area (Å²) in [5.41, 5.74) is 14.3. The van der Waals surface area contributed by atoms with Crippen LogP contribution in [0.25, 0.3) is 81.0 Å². The van der Waals surface area contributed by atoms with Crippen molar-refractivity contribution >= 4 is 70.4 Å². The van der Waals surface area contributed by atoms with E-state index in [2.05, 4.69) is 228 Å². The third kappa shape index (κ3) is 5.71. The Kier molecular flexibility index (Phi) is 8.04. The minimum absolute atomic E-state index is 1.10. The molecule has 3 heteroatoms. The van der Waals surface area contributed by atoms with E-state index in [0.29, 0.717) is 0 Å². The van der Waals surface area contributed by atoms with Crippen LogP contribution >= 0.6 is 11.3 Å². The fourth-order valence-corrected chi connectivity index (χ4v) is 9.77. The minimum Gasteiger partial charge on any atom is -0.311 e. The van der Waals surface area contributed by atoms with Gasteiger partial charge in [-0.05, 0) is 100 Å². The van der Waals surface area contributed by atoms with Crippen LogP contribution in [0, 0.1) is 0 Å². The lowest BCUT2D eigenvalue weighted by molar-refractivity contribution is 1.19. The first-order valence-corrected chi connectivity index (χ1v) is 20.2. The molecule has 0 radical (unpaired) electrons. The number of hydrogen-bond donors (Lipinski definition) is 0. The highest BCUT2D eigenvalue weighted by molar-refractivity contribution is 7.26. The zero-order valence-electron chi connectivity index (χ0n) is 31.1. The Bertz CT molecular complexity index is 3100. The number of benzene rings is 9. The molecule has 0 aliphatic carbocycles. The van der Waals surface area contributed by atoms with Crippen LogP contribution in [0.4, 0.5) is 17.1 Å². The van der Waals surface area contributed by atoms with E-state index in [1.807, 2.05) is 11.3 Å². The lowest BCUT2D eigenvalue weighted by Crippen LogP contribution is -2.09. The predicted molar refractivity (Wildman–Crippen MR) is 245 cm³/mol. The lowest BCUT2D eigenvalue weighted by atomic mass is 9.96. The fraction of sp³-hybridized carbons (Fsp3) is 0. The molecule has 0 aliphatic rings. The van der Waals surface area contributed by atoms with Crippen LogP contribution in [0.15, 0.2) is 218 Å². The third-order valence-corrected chi connectivity index (χ3v) is 12.4. The van der Waals surface area contributed by atoms with Crippen LogP contribution in [0.5, 0.6) is 0 Å². The topological polar surface area (TPSA) is 8.17 Å². The Morgan fingerprint density at radius 2 is 0.825 bits per heavy atom. The Balaban J connectivity index is 1.08. The van der Waals surface area contributed by atoms with Gasteiger partial charge in [0, 0.05) is 49.0 Å². The van der Waals surface area contributed by atoms with Crippen molar-refractivity contribution < 1.29 is 0 Å². The van der Waals surface area contributed by atoms with E-state index in [1.165, 1.54) is 81.0 Å². The van der Waals surface area contributed by atoms with Crippen LogP contribution in [0.1, 0.15) is 0 Å². The van der Waals surface area contributed by atoms with Crippen LogP contribution in [0.2, 0.25) is 0 Å². The maximum absolute atomic E-state index is 2.46. The number of nitrogens with zero attached hydrogens (tertiary/aromatic N) is 2. The fourth-order valence-electron chi connectivity index (χ4n) is 8.51. The van der Waals surface area contributed by atoms with E-state index in [1.54, 1.807) is 0 Å². The molecule has 0 atom stereocenters. The van der Waals surface area contributed by atoms with Crippen molar-refractivity contribution in [1.82, 2.24) is 4.57 Å². The summed E-state index contributed by atoms with van der Waals surface area (Å²) in [7, 11) is 0. The Morgan fingerprint density at radius 1 is 0.368 bits per heavy atom.